The van der Waals surface area contributed by atoms with Gasteiger partial charge in [-0.05, 0) is 39.0 Å². The van der Waals surface area contributed by atoms with Crippen LogP contribution in [0.15, 0.2) is 33.6 Å². The molecular formula is C19H26BrN5O3S. The average Bonchev–Trinajstić information content (AvgIpc) is 2.69. The van der Waals surface area contributed by atoms with Crippen molar-refractivity contribution in [1.82, 2.24) is 14.3 Å². The molecule has 0 bridgehead atoms. The molecular weight excluding hydrogens is 458 g/mol. The molecule has 158 valence electrons. The first-order valence-electron chi connectivity index (χ1n) is 9.62. The molecule has 0 atom stereocenters. The van der Waals surface area contributed by atoms with Gasteiger partial charge in [-0.2, -0.15) is 4.31 Å². The van der Waals surface area contributed by atoms with Gasteiger partial charge < -0.3 is 15.0 Å². The molecule has 0 amide bonds. The summed E-state index contributed by atoms with van der Waals surface area (Å²) in [6.07, 6.45) is 0. The van der Waals surface area contributed by atoms with Crippen molar-refractivity contribution in [2.24, 2.45) is 0 Å². The van der Waals surface area contributed by atoms with Crippen LogP contribution in [0.3, 0.4) is 0 Å². The standard InChI is InChI=1S/C19H26BrN5O3S/c1-4-21-18-13-19(23-14(3)22-18)24-8-10-25(11-9-24)29(26,27)17-12-15(20)6-7-16(17)28-5-2/h6-7,12-13H,4-5,8-11H2,1-3H3,(H,21,22,23). The van der Waals surface area contributed by atoms with Crippen molar-refractivity contribution in [3.8, 4) is 5.75 Å². The Bertz CT molecular complexity index is 962. The maximum Gasteiger partial charge on any atom is 0.246 e. The first-order valence-corrected chi connectivity index (χ1v) is 11.9. The number of benzene rings is 1. The number of piperazine rings is 1. The van der Waals surface area contributed by atoms with Gasteiger partial charge >= 0.3 is 0 Å². The van der Waals surface area contributed by atoms with Gasteiger partial charge in [-0.1, -0.05) is 15.9 Å². The van der Waals surface area contributed by atoms with Crippen LogP contribution in [-0.2, 0) is 10.0 Å². The highest BCUT2D eigenvalue weighted by Crippen LogP contribution is 2.31. The second-order valence-electron chi connectivity index (χ2n) is 6.60. The quantitative estimate of drug-likeness (QED) is 0.647. The lowest BCUT2D eigenvalue weighted by atomic mass is 10.3. The summed E-state index contributed by atoms with van der Waals surface area (Å²) < 4.78 is 34.2. The van der Waals surface area contributed by atoms with Gasteiger partial charge in [0.15, 0.2) is 0 Å². The molecule has 2 heterocycles. The Kier molecular flexibility index (Phi) is 6.97. The molecule has 1 fully saturated rings. The number of hydrogen-bond donors (Lipinski definition) is 1. The van der Waals surface area contributed by atoms with Crippen LogP contribution < -0.4 is 15.0 Å². The zero-order valence-corrected chi connectivity index (χ0v) is 19.3. The van der Waals surface area contributed by atoms with Crippen LogP contribution >= 0.6 is 15.9 Å². The number of rotatable bonds is 7. The van der Waals surface area contributed by atoms with Gasteiger partial charge in [-0.3, -0.25) is 0 Å². The summed E-state index contributed by atoms with van der Waals surface area (Å²) in [5.74, 6) is 2.65. The first-order chi connectivity index (χ1) is 13.8. The second-order valence-corrected chi connectivity index (χ2v) is 9.43. The zero-order valence-electron chi connectivity index (χ0n) is 16.9. The van der Waals surface area contributed by atoms with E-state index in [0.717, 1.165) is 18.2 Å². The van der Waals surface area contributed by atoms with Crippen molar-refractivity contribution in [3.63, 3.8) is 0 Å². The van der Waals surface area contributed by atoms with Crippen molar-refractivity contribution >= 4 is 37.6 Å². The van der Waals surface area contributed by atoms with Crippen molar-refractivity contribution in [2.45, 2.75) is 25.7 Å². The molecule has 8 nitrogen and oxygen atoms in total. The smallest absolute Gasteiger partial charge is 0.246 e. The predicted octanol–water partition coefficient (Wildman–Crippen LogP) is 2.89. The van der Waals surface area contributed by atoms with Crippen LogP contribution in [0.2, 0.25) is 0 Å². The highest BCUT2D eigenvalue weighted by atomic mass is 79.9. The van der Waals surface area contributed by atoms with E-state index in [9.17, 15) is 8.42 Å². The van der Waals surface area contributed by atoms with Crippen LogP contribution in [0.4, 0.5) is 11.6 Å². The summed E-state index contributed by atoms with van der Waals surface area (Å²) in [6.45, 7) is 8.74. The Hall–Kier alpha value is -1.91. The molecule has 0 spiro atoms. The van der Waals surface area contributed by atoms with Gasteiger partial charge in [0.1, 0.15) is 28.1 Å². The van der Waals surface area contributed by atoms with Crippen LogP contribution in [0.5, 0.6) is 5.75 Å². The van der Waals surface area contributed by atoms with Gasteiger partial charge in [0, 0.05) is 43.3 Å². The Morgan fingerprint density at radius 3 is 2.52 bits per heavy atom. The third-order valence-corrected chi connectivity index (χ3v) is 6.98. The first kappa shape index (κ1) is 21.8. The van der Waals surface area contributed by atoms with E-state index in [-0.39, 0.29) is 4.90 Å². The molecule has 0 aliphatic carbocycles. The van der Waals surface area contributed by atoms with Crippen LogP contribution in [0, 0.1) is 6.92 Å². The average molecular weight is 484 g/mol. The minimum absolute atomic E-state index is 0.189. The Morgan fingerprint density at radius 2 is 1.86 bits per heavy atom. The lowest BCUT2D eigenvalue weighted by molar-refractivity contribution is 0.327. The van der Waals surface area contributed by atoms with E-state index in [0.29, 0.717) is 48.8 Å². The number of ether oxygens (including phenoxy) is 1. The lowest BCUT2D eigenvalue weighted by Gasteiger charge is -2.35. The summed E-state index contributed by atoms with van der Waals surface area (Å²) >= 11 is 3.36. The van der Waals surface area contributed by atoms with Crippen molar-refractivity contribution in [1.29, 1.82) is 0 Å². The second kappa shape index (κ2) is 9.27. The van der Waals surface area contributed by atoms with Gasteiger partial charge in [0.2, 0.25) is 10.0 Å². The monoisotopic (exact) mass is 483 g/mol. The van der Waals surface area contributed by atoms with Crippen LogP contribution in [0.25, 0.3) is 0 Å². The molecule has 0 saturated carbocycles. The van der Waals surface area contributed by atoms with E-state index >= 15 is 0 Å². The number of aryl methyl sites for hydroxylation is 1. The van der Waals surface area contributed by atoms with Crippen molar-refractivity contribution < 1.29 is 13.2 Å². The minimum atomic E-state index is -3.66. The third kappa shape index (κ3) is 4.99. The van der Waals surface area contributed by atoms with E-state index in [4.69, 9.17) is 4.74 Å². The topological polar surface area (TPSA) is 87.7 Å². The number of sulfonamides is 1. The van der Waals surface area contributed by atoms with E-state index in [1.165, 1.54) is 4.31 Å². The number of aromatic nitrogens is 2. The largest absolute Gasteiger partial charge is 0.492 e. The molecule has 1 aromatic carbocycles. The van der Waals surface area contributed by atoms with Crippen molar-refractivity contribution in [3.05, 3.63) is 34.6 Å². The van der Waals surface area contributed by atoms with Gasteiger partial charge in [0.25, 0.3) is 0 Å². The molecule has 1 aliphatic heterocycles. The molecule has 1 aromatic heterocycles. The molecule has 0 radical (unpaired) electrons. The number of nitrogens with one attached hydrogen (secondary N) is 1. The Labute approximate surface area is 180 Å². The summed E-state index contributed by atoms with van der Waals surface area (Å²) in [4.78, 5) is 11.2. The summed E-state index contributed by atoms with van der Waals surface area (Å²) in [6, 6.07) is 6.97. The van der Waals surface area contributed by atoms with E-state index in [2.05, 4.69) is 36.1 Å². The molecule has 3 rings (SSSR count). The fraction of sp³-hybridized carbons (Fsp3) is 0.474. The molecule has 1 aliphatic rings. The number of hydrogen-bond acceptors (Lipinski definition) is 7. The molecule has 29 heavy (non-hydrogen) atoms. The highest BCUT2D eigenvalue weighted by Gasteiger charge is 2.31. The SMILES string of the molecule is CCNc1cc(N2CCN(S(=O)(=O)c3cc(Br)ccc3OCC)CC2)nc(C)n1. The molecule has 10 heteroatoms. The molecule has 0 unspecified atom stereocenters. The molecule has 1 N–H and O–H groups in total. The maximum absolute atomic E-state index is 13.2. The summed E-state index contributed by atoms with van der Waals surface area (Å²) in [5, 5.41) is 3.20. The van der Waals surface area contributed by atoms with E-state index in [1.807, 2.05) is 26.8 Å². The number of nitrogens with zero attached hydrogens (tertiary/aromatic N) is 4. The fourth-order valence-corrected chi connectivity index (χ4v) is 5.33. The zero-order chi connectivity index (χ0) is 21.0. The van der Waals surface area contributed by atoms with Crippen LogP contribution in [-0.4, -0.2) is 62.0 Å². The predicted molar refractivity (Wildman–Crippen MR) is 117 cm³/mol. The minimum Gasteiger partial charge on any atom is -0.492 e. The van der Waals surface area contributed by atoms with E-state index < -0.39 is 10.0 Å². The normalized spacial score (nSPS) is 15.4. The summed E-state index contributed by atoms with van der Waals surface area (Å²) in [5.41, 5.74) is 0. The van der Waals surface area contributed by atoms with E-state index in [1.54, 1.807) is 18.2 Å². The third-order valence-electron chi connectivity index (χ3n) is 4.57. The highest BCUT2D eigenvalue weighted by molar-refractivity contribution is 9.10. The summed E-state index contributed by atoms with van der Waals surface area (Å²) in [7, 11) is -3.66. The number of halogens is 1. The Morgan fingerprint density at radius 1 is 1.14 bits per heavy atom. The van der Waals surface area contributed by atoms with Crippen molar-refractivity contribution in [2.75, 3.05) is 49.5 Å². The van der Waals surface area contributed by atoms with Crippen LogP contribution in [0.1, 0.15) is 19.7 Å². The fourth-order valence-electron chi connectivity index (χ4n) is 3.24. The maximum atomic E-state index is 13.2. The molecule has 1 saturated heterocycles. The number of anilines is 2. The van der Waals surface area contributed by atoms with Gasteiger partial charge in [0.05, 0.1) is 6.61 Å². The Balaban J connectivity index is 1.78. The van der Waals surface area contributed by atoms with Gasteiger partial charge in [-0.15, -0.1) is 0 Å². The molecule has 2 aromatic rings. The van der Waals surface area contributed by atoms with Gasteiger partial charge in [-0.25, -0.2) is 18.4 Å². The lowest BCUT2D eigenvalue weighted by Crippen LogP contribution is -2.49.